The summed E-state index contributed by atoms with van der Waals surface area (Å²) in [5, 5.41) is 0. The molecule has 6 nitrogen and oxygen atoms in total. The van der Waals surface area contributed by atoms with Crippen LogP contribution in [0.3, 0.4) is 0 Å². The molecule has 0 spiro atoms. The standard InChI is InChI=1S/C20H32O6/c1-12(2)9-8-10-15(7)11-16-25-17(19(21)23-13(3)4)18(26-16)20(22)24-14(5)6/h9,11,13-14,16-18H,8,10H2,1-7H3. The van der Waals surface area contributed by atoms with Crippen molar-refractivity contribution < 1.29 is 28.5 Å². The molecule has 1 aliphatic rings. The summed E-state index contributed by atoms with van der Waals surface area (Å²) in [5.41, 5.74) is 2.32. The number of hydrogen-bond donors (Lipinski definition) is 0. The van der Waals surface area contributed by atoms with E-state index >= 15 is 0 Å². The van der Waals surface area contributed by atoms with Gasteiger partial charge in [0.05, 0.1) is 12.2 Å². The molecule has 1 fully saturated rings. The lowest BCUT2D eigenvalue weighted by Crippen LogP contribution is -2.40. The monoisotopic (exact) mass is 368 g/mol. The van der Waals surface area contributed by atoms with Crippen LogP contribution in [-0.2, 0) is 28.5 Å². The third-order valence-electron chi connectivity index (χ3n) is 3.52. The average Bonchev–Trinajstić information content (AvgIpc) is 2.89. The van der Waals surface area contributed by atoms with E-state index in [2.05, 4.69) is 19.9 Å². The van der Waals surface area contributed by atoms with Gasteiger partial charge < -0.3 is 18.9 Å². The molecule has 1 heterocycles. The van der Waals surface area contributed by atoms with Crippen LogP contribution in [0.5, 0.6) is 0 Å². The largest absolute Gasteiger partial charge is 0.461 e. The molecule has 6 heteroatoms. The smallest absolute Gasteiger partial charge is 0.339 e. The van der Waals surface area contributed by atoms with Gasteiger partial charge in [-0.1, -0.05) is 17.2 Å². The van der Waals surface area contributed by atoms with Gasteiger partial charge in [-0.2, -0.15) is 0 Å². The summed E-state index contributed by atoms with van der Waals surface area (Å²) in [4.78, 5) is 24.5. The number of carbonyl (C=O) groups is 2. The second-order valence-corrected chi connectivity index (χ2v) is 7.29. The molecule has 0 radical (unpaired) electrons. The van der Waals surface area contributed by atoms with Gasteiger partial charge in [0.2, 0.25) is 0 Å². The van der Waals surface area contributed by atoms with Crippen molar-refractivity contribution in [2.45, 2.75) is 92.0 Å². The van der Waals surface area contributed by atoms with Gasteiger partial charge in [-0.25, -0.2) is 9.59 Å². The van der Waals surface area contributed by atoms with Crippen LogP contribution in [-0.4, -0.2) is 42.6 Å². The summed E-state index contributed by atoms with van der Waals surface area (Å²) in [6.07, 6.45) is 2.03. The van der Waals surface area contributed by atoms with Gasteiger partial charge in [0, 0.05) is 0 Å². The van der Waals surface area contributed by atoms with E-state index in [1.165, 1.54) is 5.57 Å². The molecule has 2 atom stereocenters. The van der Waals surface area contributed by atoms with Gasteiger partial charge in [-0.15, -0.1) is 0 Å². The molecule has 0 aliphatic carbocycles. The third kappa shape index (κ3) is 7.70. The normalized spacial score (nSPS) is 23.3. The lowest BCUT2D eigenvalue weighted by atomic mass is 10.1. The SMILES string of the molecule is CC(C)=CCCC(C)=CC1OC(C(=O)OC(C)C)C(C(=O)OC(C)C)O1. The van der Waals surface area contributed by atoms with Crippen molar-refractivity contribution in [1.82, 2.24) is 0 Å². The molecule has 26 heavy (non-hydrogen) atoms. The number of rotatable bonds is 8. The molecule has 0 saturated carbocycles. The summed E-state index contributed by atoms with van der Waals surface area (Å²) >= 11 is 0. The fraction of sp³-hybridized carbons (Fsp3) is 0.700. The maximum Gasteiger partial charge on any atom is 0.339 e. The van der Waals surface area contributed by atoms with E-state index in [0.29, 0.717) is 0 Å². The number of allylic oxidation sites excluding steroid dienone is 3. The molecule has 0 aromatic heterocycles. The highest BCUT2D eigenvalue weighted by Gasteiger charge is 2.47. The van der Waals surface area contributed by atoms with Gasteiger partial charge >= 0.3 is 11.9 Å². The van der Waals surface area contributed by atoms with Crippen LogP contribution < -0.4 is 0 Å². The highest BCUT2D eigenvalue weighted by Crippen LogP contribution is 2.25. The lowest BCUT2D eigenvalue weighted by molar-refractivity contribution is -0.167. The highest BCUT2D eigenvalue weighted by atomic mass is 16.8. The highest BCUT2D eigenvalue weighted by molar-refractivity contribution is 5.86. The first-order valence-electron chi connectivity index (χ1n) is 9.12. The Balaban J connectivity index is 2.83. The zero-order chi connectivity index (χ0) is 19.9. The summed E-state index contributed by atoms with van der Waals surface area (Å²) < 4.78 is 21.7. The van der Waals surface area contributed by atoms with E-state index < -0.39 is 30.4 Å². The minimum Gasteiger partial charge on any atom is -0.461 e. The van der Waals surface area contributed by atoms with E-state index in [4.69, 9.17) is 18.9 Å². The van der Waals surface area contributed by atoms with E-state index in [1.54, 1.807) is 33.8 Å². The van der Waals surface area contributed by atoms with Crippen molar-refractivity contribution in [3.63, 3.8) is 0 Å². The molecule has 0 aromatic rings. The minimum absolute atomic E-state index is 0.312. The Labute approximate surface area is 156 Å². The summed E-state index contributed by atoms with van der Waals surface area (Å²) in [6.45, 7) is 13.0. The summed E-state index contributed by atoms with van der Waals surface area (Å²) in [5.74, 6) is -1.24. The molecular weight excluding hydrogens is 336 g/mol. The molecule has 1 saturated heterocycles. The molecule has 1 rings (SSSR count). The van der Waals surface area contributed by atoms with Crippen LogP contribution in [0.1, 0.15) is 61.3 Å². The van der Waals surface area contributed by atoms with Gasteiger partial charge in [-0.3, -0.25) is 0 Å². The molecule has 148 valence electrons. The second-order valence-electron chi connectivity index (χ2n) is 7.29. The zero-order valence-corrected chi connectivity index (χ0v) is 16.9. The lowest BCUT2D eigenvalue weighted by Gasteiger charge is -2.17. The molecule has 0 N–H and O–H groups in total. The summed E-state index contributed by atoms with van der Waals surface area (Å²) in [6, 6.07) is 0. The van der Waals surface area contributed by atoms with Crippen LogP contribution >= 0.6 is 0 Å². The second kappa shape index (κ2) is 10.5. The fourth-order valence-electron chi connectivity index (χ4n) is 2.40. The quantitative estimate of drug-likeness (QED) is 0.481. The van der Waals surface area contributed by atoms with Crippen molar-refractivity contribution in [2.24, 2.45) is 0 Å². The molecule has 0 aromatic carbocycles. The topological polar surface area (TPSA) is 71.1 Å². The maximum absolute atomic E-state index is 12.3. The maximum atomic E-state index is 12.3. The van der Waals surface area contributed by atoms with Gasteiger partial charge in [0.25, 0.3) is 0 Å². The van der Waals surface area contributed by atoms with E-state index in [1.807, 2.05) is 6.92 Å². The Morgan fingerprint density at radius 2 is 1.38 bits per heavy atom. The van der Waals surface area contributed by atoms with Crippen LogP contribution in [0.2, 0.25) is 0 Å². The van der Waals surface area contributed by atoms with Gasteiger partial charge in [-0.05, 0) is 67.4 Å². The Morgan fingerprint density at radius 3 is 1.77 bits per heavy atom. The fourth-order valence-corrected chi connectivity index (χ4v) is 2.40. The Bertz CT molecular complexity index is 513. The number of hydrogen-bond acceptors (Lipinski definition) is 6. The third-order valence-corrected chi connectivity index (χ3v) is 3.52. The minimum atomic E-state index is -1.13. The Morgan fingerprint density at radius 1 is 0.923 bits per heavy atom. The van der Waals surface area contributed by atoms with E-state index in [9.17, 15) is 9.59 Å². The number of esters is 2. The Kier molecular flexibility index (Phi) is 9.02. The van der Waals surface area contributed by atoms with Crippen molar-refractivity contribution in [1.29, 1.82) is 0 Å². The number of carbonyl (C=O) groups excluding carboxylic acids is 2. The molecule has 0 bridgehead atoms. The predicted octanol–water partition coefficient (Wildman–Crippen LogP) is 3.69. The van der Waals surface area contributed by atoms with E-state index in [0.717, 1.165) is 18.4 Å². The van der Waals surface area contributed by atoms with Crippen LogP contribution in [0.15, 0.2) is 23.3 Å². The van der Waals surface area contributed by atoms with Crippen LogP contribution in [0.4, 0.5) is 0 Å². The predicted molar refractivity (Wildman–Crippen MR) is 98.4 cm³/mol. The van der Waals surface area contributed by atoms with E-state index in [-0.39, 0.29) is 12.2 Å². The average molecular weight is 368 g/mol. The van der Waals surface area contributed by atoms with Gasteiger partial charge in [0.1, 0.15) is 0 Å². The number of ether oxygens (including phenoxy) is 4. The molecule has 0 amide bonds. The van der Waals surface area contributed by atoms with Gasteiger partial charge in [0.15, 0.2) is 18.5 Å². The first-order chi connectivity index (χ1) is 12.1. The summed E-state index contributed by atoms with van der Waals surface area (Å²) in [7, 11) is 0. The van der Waals surface area contributed by atoms with Crippen LogP contribution in [0, 0.1) is 0 Å². The first kappa shape index (κ1) is 22.4. The molecule has 2 unspecified atom stereocenters. The first-order valence-corrected chi connectivity index (χ1v) is 9.12. The van der Waals surface area contributed by atoms with Crippen LogP contribution in [0.25, 0.3) is 0 Å². The van der Waals surface area contributed by atoms with Crippen molar-refractivity contribution in [2.75, 3.05) is 0 Å². The zero-order valence-electron chi connectivity index (χ0n) is 16.9. The van der Waals surface area contributed by atoms with Crippen molar-refractivity contribution >= 4 is 11.9 Å². The van der Waals surface area contributed by atoms with Crippen molar-refractivity contribution in [3.05, 3.63) is 23.3 Å². The molecular formula is C20H32O6. The van der Waals surface area contributed by atoms with Crippen molar-refractivity contribution in [3.8, 4) is 0 Å². The molecule has 1 aliphatic heterocycles. The Hall–Kier alpha value is -1.66.